The van der Waals surface area contributed by atoms with Gasteiger partial charge in [-0.3, -0.25) is 0 Å². The fourth-order valence-electron chi connectivity index (χ4n) is 1.98. The molecule has 0 bridgehead atoms. The Kier molecular flexibility index (Phi) is 3.51. The molecule has 3 aromatic rings. The second kappa shape index (κ2) is 5.33. The molecule has 21 heavy (non-hydrogen) atoms. The fraction of sp³-hybridized carbons (Fsp3) is 0.267. The van der Waals surface area contributed by atoms with Gasteiger partial charge in [-0.15, -0.1) is 0 Å². The molecule has 0 spiro atoms. The number of fused-ring (bicyclic) bond motifs is 1. The van der Waals surface area contributed by atoms with E-state index in [1.165, 1.54) is 0 Å². The smallest absolute Gasteiger partial charge is 0.321 e. The Hall–Kier alpha value is -2.14. The topological polar surface area (TPSA) is 61.0 Å². The molecule has 0 fully saturated rings. The van der Waals surface area contributed by atoms with Gasteiger partial charge < -0.3 is 9.15 Å². The summed E-state index contributed by atoms with van der Waals surface area (Å²) in [6, 6.07) is 8.02. The summed E-state index contributed by atoms with van der Waals surface area (Å²) >= 11 is 5.92. The minimum absolute atomic E-state index is 0.0466. The Bertz CT molecular complexity index is 799. The monoisotopic (exact) mass is 303 g/mol. The third kappa shape index (κ3) is 2.97. The van der Waals surface area contributed by atoms with Crippen LogP contribution in [-0.2, 0) is 0 Å². The van der Waals surface area contributed by atoms with Crippen LogP contribution < -0.4 is 4.74 Å². The molecule has 0 aliphatic heterocycles. The van der Waals surface area contributed by atoms with Crippen LogP contribution in [0, 0.1) is 6.92 Å². The zero-order chi connectivity index (χ0) is 15.0. The Morgan fingerprint density at radius 2 is 1.95 bits per heavy atom. The van der Waals surface area contributed by atoms with Gasteiger partial charge in [0.15, 0.2) is 5.76 Å². The average molecular weight is 304 g/mol. The predicted molar refractivity (Wildman–Crippen MR) is 80.5 cm³/mol. The number of nitrogens with zero attached hydrogens (tertiary/aromatic N) is 3. The number of rotatable bonds is 3. The number of ether oxygens (including phenoxy) is 1. The molecule has 5 nitrogen and oxygen atoms in total. The summed E-state index contributed by atoms with van der Waals surface area (Å²) in [5.41, 5.74) is 1.94. The maximum absolute atomic E-state index is 5.92. The summed E-state index contributed by atoms with van der Waals surface area (Å²) in [6.07, 6.45) is -0.0466. The van der Waals surface area contributed by atoms with Crippen LogP contribution >= 0.6 is 11.6 Å². The van der Waals surface area contributed by atoms with Crippen molar-refractivity contribution in [2.75, 3.05) is 0 Å². The van der Waals surface area contributed by atoms with E-state index in [4.69, 9.17) is 20.8 Å². The first-order valence-corrected chi connectivity index (χ1v) is 6.98. The van der Waals surface area contributed by atoms with Crippen LogP contribution in [0.4, 0.5) is 0 Å². The van der Waals surface area contributed by atoms with Gasteiger partial charge in [0.25, 0.3) is 0 Å². The molecular formula is C15H14ClN3O2. The highest BCUT2D eigenvalue weighted by Crippen LogP contribution is 2.27. The summed E-state index contributed by atoms with van der Waals surface area (Å²) in [6.45, 7) is 5.81. The van der Waals surface area contributed by atoms with E-state index < -0.39 is 0 Å². The van der Waals surface area contributed by atoms with Gasteiger partial charge in [-0.25, -0.2) is 0 Å². The summed E-state index contributed by atoms with van der Waals surface area (Å²) in [4.78, 5) is 12.3. The molecular weight excluding hydrogens is 290 g/mol. The molecule has 0 aliphatic rings. The minimum Gasteiger partial charge on any atom is -0.461 e. The standard InChI is InChI=1S/C15H14ClN3O2/c1-8(2)20-15-18-13(17-14(16)19-15)12-7-10-6-9(3)4-5-11(10)21-12/h4-8H,1-3H3. The number of furan rings is 1. The summed E-state index contributed by atoms with van der Waals surface area (Å²) < 4.78 is 11.2. The predicted octanol–water partition coefficient (Wildman–Crippen LogP) is 4.03. The van der Waals surface area contributed by atoms with E-state index in [0.717, 1.165) is 16.5 Å². The summed E-state index contributed by atoms with van der Waals surface area (Å²) in [5.74, 6) is 0.896. The second-order valence-corrected chi connectivity index (χ2v) is 5.37. The highest BCUT2D eigenvalue weighted by Gasteiger charge is 2.13. The molecule has 3 rings (SSSR count). The normalized spacial score (nSPS) is 11.3. The highest BCUT2D eigenvalue weighted by atomic mass is 35.5. The van der Waals surface area contributed by atoms with Crippen molar-refractivity contribution >= 4 is 22.6 Å². The van der Waals surface area contributed by atoms with E-state index in [9.17, 15) is 0 Å². The van der Waals surface area contributed by atoms with Gasteiger partial charge in [0, 0.05) is 5.39 Å². The van der Waals surface area contributed by atoms with E-state index >= 15 is 0 Å². The molecule has 0 amide bonds. The molecule has 0 unspecified atom stereocenters. The van der Waals surface area contributed by atoms with Crippen LogP contribution in [-0.4, -0.2) is 21.1 Å². The van der Waals surface area contributed by atoms with E-state index in [1.54, 1.807) is 0 Å². The second-order valence-electron chi connectivity index (χ2n) is 5.03. The Morgan fingerprint density at radius 1 is 1.14 bits per heavy atom. The van der Waals surface area contributed by atoms with E-state index in [0.29, 0.717) is 11.6 Å². The van der Waals surface area contributed by atoms with Gasteiger partial charge in [-0.05, 0) is 50.6 Å². The lowest BCUT2D eigenvalue weighted by molar-refractivity contribution is 0.221. The summed E-state index contributed by atoms with van der Waals surface area (Å²) in [5, 5.41) is 1.07. The number of hydrogen-bond acceptors (Lipinski definition) is 5. The van der Waals surface area contributed by atoms with Crippen molar-refractivity contribution in [1.29, 1.82) is 0 Å². The van der Waals surface area contributed by atoms with Gasteiger partial charge in [0.1, 0.15) is 5.58 Å². The van der Waals surface area contributed by atoms with Crippen LogP contribution in [0.25, 0.3) is 22.6 Å². The van der Waals surface area contributed by atoms with Crippen molar-refractivity contribution in [3.8, 4) is 17.6 Å². The molecule has 0 N–H and O–H groups in total. The van der Waals surface area contributed by atoms with Crippen molar-refractivity contribution < 1.29 is 9.15 Å². The third-order valence-corrected chi connectivity index (χ3v) is 2.99. The lowest BCUT2D eigenvalue weighted by atomic mass is 10.2. The molecule has 2 heterocycles. The SMILES string of the molecule is Cc1ccc2oc(-c3nc(Cl)nc(OC(C)C)n3)cc2c1. The number of halogens is 1. The van der Waals surface area contributed by atoms with Crippen LogP contribution in [0.5, 0.6) is 6.01 Å². The first-order valence-electron chi connectivity index (χ1n) is 6.60. The van der Waals surface area contributed by atoms with Gasteiger partial charge in [0.2, 0.25) is 11.1 Å². The van der Waals surface area contributed by atoms with E-state index in [2.05, 4.69) is 15.0 Å². The van der Waals surface area contributed by atoms with Gasteiger partial charge >= 0.3 is 6.01 Å². The van der Waals surface area contributed by atoms with Gasteiger partial charge in [-0.2, -0.15) is 15.0 Å². The number of hydrogen-bond donors (Lipinski definition) is 0. The maximum Gasteiger partial charge on any atom is 0.321 e. The average Bonchev–Trinajstić information content (AvgIpc) is 2.80. The molecule has 0 radical (unpaired) electrons. The van der Waals surface area contributed by atoms with Gasteiger partial charge in [0.05, 0.1) is 6.10 Å². The first-order chi connectivity index (χ1) is 10.0. The zero-order valence-corrected chi connectivity index (χ0v) is 12.7. The van der Waals surface area contributed by atoms with Crippen molar-refractivity contribution in [2.45, 2.75) is 26.9 Å². The minimum atomic E-state index is -0.0466. The Morgan fingerprint density at radius 3 is 2.71 bits per heavy atom. The maximum atomic E-state index is 5.92. The molecule has 2 aromatic heterocycles. The molecule has 0 saturated heterocycles. The zero-order valence-electron chi connectivity index (χ0n) is 11.9. The van der Waals surface area contributed by atoms with Crippen LogP contribution in [0.2, 0.25) is 5.28 Å². The molecule has 0 atom stereocenters. The fourth-order valence-corrected chi connectivity index (χ4v) is 2.13. The molecule has 0 saturated carbocycles. The van der Waals surface area contributed by atoms with Crippen LogP contribution in [0.1, 0.15) is 19.4 Å². The van der Waals surface area contributed by atoms with Crippen molar-refractivity contribution in [2.24, 2.45) is 0 Å². The number of aromatic nitrogens is 3. The van der Waals surface area contributed by atoms with E-state index in [-0.39, 0.29) is 17.4 Å². The molecule has 0 aliphatic carbocycles. The van der Waals surface area contributed by atoms with Crippen molar-refractivity contribution in [3.63, 3.8) is 0 Å². The number of aryl methyl sites for hydroxylation is 1. The van der Waals surface area contributed by atoms with Crippen molar-refractivity contribution in [1.82, 2.24) is 15.0 Å². The highest BCUT2D eigenvalue weighted by molar-refractivity contribution is 6.28. The van der Waals surface area contributed by atoms with Crippen LogP contribution in [0.3, 0.4) is 0 Å². The largest absolute Gasteiger partial charge is 0.461 e. The molecule has 1 aromatic carbocycles. The Labute approximate surface area is 127 Å². The van der Waals surface area contributed by atoms with Crippen molar-refractivity contribution in [3.05, 3.63) is 35.1 Å². The lowest BCUT2D eigenvalue weighted by Crippen LogP contribution is -2.09. The Balaban J connectivity index is 2.06. The quantitative estimate of drug-likeness (QED) is 0.731. The summed E-state index contributed by atoms with van der Waals surface area (Å²) in [7, 11) is 0. The van der Waals surface area contributed by atoms with E-state index in [1.807, 2.05) is 45.0 Å². The van der Waals surface area contributed by atoms with Gasteiger partial charge in [-0.1, -0.05) is 11.6 Å². The first kappa shape index (κ1) is 13.8. The lowest BCUT2D eigenvalue weighted by Gasteiger charge is -2.07. The van der Waals surface area contributed by atoms with Crippen LogP contribution in [0.15, 0.2) is 28.7 Å². The third-order valence-electron chi connectivity index (χ3n) is 2.82. The molecule has 108 valence electrons. The number of benzene rings is 1. The molecule has 6 heteroatoms.